The molecule has 0 amide bonds. The van der Waals surface area contributed by atoms with Crippen LogP contribution in [0.5, 0.6) is 5.75 Å². The average Bonchev–Trinajstić information content (AvgIpc) is 2.60. The third-order valence-electron chi connectivity index (χ3n) is 4.99. The fraction of sp³-hybridized carbons (Fsp3) is 0.455. The van der Waals surface area contributed by atoms with Gasteiger partial charge in [-0.15, -0.1) is 0 Å². The van der Waals surface area contributed by atoms with Gasteiger partial charge < -0.3 is 10.1 Å². The molecule has 2 aromatic carbocycles. The third-order valence-corrected chi connectivity index (χ3v) is 5.72. The number of nitrogens with one attached hydrogen (secondary N) is 1. The number of hydrogen-bond donors (Lipinski definition) is 1. The van der Waals surface area contributed by atoms with Crippen molar-refractivity contribution in [3.63, 3.8) is 0 Å². The molecule has 0 spiro atoms. The Morgan fingerprint density at radius 2 is 1.77 bits per heavy atom. The molecule has 1 aliphatic carbocycles. The van der Waals surface area contributed by atoms with Crippen molar-refractivity contribution in [2.24, 2.45) is 0 Å². The molecule has 0 aliphatic heterocycles. The van der Waals surface area contributed by atoms with E-state index in [1.807, 2.05) is 36.4 Å². The van der Waals surface area contributed by atoms with Gasteiger partial charge in [0, 0.05) is 27.6 Å². The van der Waals surface area contributed by atoms with E-state index >= 15 is 0 Å². The summed E-state index contributed by atoms with van der Waals surface area (Å²) in [5.74, 6) is 0.937. The van der Waals surface area contributed by atoms with Crippen LogP contribution in [-0.4, -0.2) is 6.04 Å². The number of hydrogen-bond acceptors (Lipinski definition) is 2. The van der Waals surface area contributed by atoms with Crippen molar-refractivity contribution in [1.82, 2.24) is 5.32 Å². The predicted octanol–water partition coefficient (Wildman–Crippen LogP) is 6.88. The van der Waals surface area contributed by atoms with Crippen LogP contribution >= 0.6 is 27.5 Å². The summed E-state index contributed by atoms with van der Waals surface area (Å²) in [6, 6.07) is 14.7. The van der Waals surface area contributed by atoms with Gasteiger partial charge in [0.05, 0.1) is 0 Å². The van der Waals surface area contributed by atoms with Crippen LogP contribution in [-0.2, 0) is 13.2 Å². The van der Waals surface area contributed by atoms with E-state index in [1.165, 1.54) is 50.5 Å². The van der Waals surface area contributed by atoms with Crippen LogP contribution in [0.1, 0.15) is 56.1 Å². The number of halogens is 2. The van der Waals surface area contributed by atoms with Crippen LogP contribution in [0.2, 0.25) is 5.02 Å². The molecule has 1 fully saturated rings. The van der Waals surface area contributed by atoms with Gasteiger partial charge in [-0.25, -0.2) is 0 Å². The molecule has 26 heavy (non-hydrogen) atoms. The molecule has 2 aromatic rings. The highest BCUT2D eigenvalue weighted by Crippen LogP contribution is 2.25. The fourth-order valence-electron chi connectivity index (χ4n) is 3.53. The smallest absolute Gasteiger partial charge is 0.124 e. The molecule has 1 saturated carbocycles. The second-order valence-corrected chi connectivity index (χ2v) is 8.45. The minimum absolute atomic E-state index is 0.526. The molecule has 0 aromatic heterocycles. The van der Waals surface area contributed by atoms with Crippen LogP contribution < -0.4 is 10.1 Å². The van der Waals surface area contributed by atoms with Crippen molar-refractivity contribution in [1.29, 1.82) is 0 Å². The topological polar surface area (TPSA) is 21.3 Å². The Bertz CT molecular complexity index is 698. The van der Waals surface area contributed by atoms with Crippen molar-refractivity contribution >= 4 is 27.5 Å². The van der Waals surface area contributed by atoms with Crippen molar-refractivity contribution in [3.05, 3.63) is 63.1 Å². The van der Waals surface area contributed by atoms with E-state index in [0.29, 0.717) is 12.6 Å². The predicted molar refractivity (Wildman–Crippen MR) is 113 cm³/mol. The summed E-state index contributed by atoms with van der Waals surface area (Å²) < 4.78 is 7.18. The van der Waals surface area contributed by atoms with Gasteiger partial charge in [-0.05, 0) is 48.7 Å². The summed E-state index contributed by atoms with van der Waals surface area (Å²) in [6.45, 7) is 1.37. The first-order chi connectivity index (χ1) is 12.7. The lowest BCUT2D eigenvalue weighted by atomic mass is 9.96. The lowest BCUT2D eigenvalue weighted by Gasteiger charge is -2.22. The van der Waals surface area contributed by atoms with Gasteiger partial charge in [0.1, 0.15) is 12.4 Å². The molecule has 4 heteroatoms. The van der Waals surface area contributed by atoms with Gasteiger partial charge >= 0.3 is 0 Å². The minimum Gasteiger partial charge on any atom is -0.489 e. The number of rotatable bonds is 6. The van der Waals surface area contributed by atoms with Gasteiger partial charge in [-0.3, -0.25) is 0 Å². The van der Waals surface area contributed by atoms with E-state index in [1.54, 1.807) is 0 Å². The van der Waals surface area contributed by atoms with Crippen LogP contribution in [0, 0.1) is 0 Å². The summed E-state index contributed by atoms with van der Waals surface area (Å²) in [4.78, 5) is 0. The SMILES string of the molecule is Clc1cccc(COc2ccc(Br)cc2CNC2CCCCCCC2)c1. The molecule has 0 bridgehead atoms. The van der Waals surface area contributed by atoms with E-state index in [-0.39, 0.29) is 0 Å². The monoisotopic (exact) mass is 435 g/mol. The second-order valence-electron chi connectivity index (χ2n) is 7.09. The maximum absolute atomic E-state index is 6.10. The van der Waals surface area contributed by atoms with E-state index in [0.717, 1.165) is 27.4 Å². The molecule has 0 radical (unpaired) electrons. The Hall–Kier alpha value is -1.03. The summed E-state index contributed by atoms with van der Waals surface area (Å²) >= 11 is 9.66. The molecule has 1 N–H and O–H groups in total. The van der Waals surface area contributed by atoms with E-state index in [2.05, 4.69) is 27.3 Å². The third kappa shape index (κ3) is 6.29. The largest absolute Gasteiger partial charge is 0.489 e. The maximum atomic E-state index is 6.10. The first kappa shape index (κ1) is 19.7. The zero-order valence-electron chi connectivity index (χ0n) is 15.1. The van der Waals surface area contributed by atoms with E-state index < -0.39 is 0 Å². The van der Waals surface area contributed by atoms with Crippen molar-refractivity contribution < 1.29 is 4.74 Å². The summed E-state index contributed by atoms with van der Waals surface area (Å²) in [5, 5.41) is 4.50. The molecule has 0 saturated heterocycles. The second kappa shape index (κ2) is 10.3. The molecule has 2 nitrogen and oxygen atoms in total. The highest BCUT2D eigenvalue weighted by Gasteiger charge is 2.12. The molecule has 0 unspecified atom stereocenters. The van der Waals surface area contributed by atoms with Gasteiger partial charge in [-0.1, -0.05) is 71.8 Å². The maximum Gasteiger partial charge on any atom is 0.124 e. The molecule has 1 aliphatic rings. The molecule has 3 rings (SSSR count). The Morgan fingerprint density at radius 1 is 1.00 bits per heavy atom. The lowest BCUT2D eigenvalue weighted by molar-refractivity contribution is 0.300. The van der Waals surface area contributed by atoms with Gasteiger partial charge in [0.15, 0.2) is 0 Å². The van der Waals surface area contributed by atoms with Crippen LogP contribution in [0.15, 0.2) is 46.9 Å². The zero-order valence-corrected chi connectivity index (χ0v) is 17.5. The average molecular weight is 437 g/mol. The lowest BCUT2D eigenvalue weighted by Crippen LogP contribution is -2.29. The van der Waals surface area contributed by atoms with Crippen molar-refractivity contribution in [3.8, 4) is 5.75 Å². The van der Waals surface area contributed by atoms with Crippen molar-refractivity contribution in [2.45, 2.75) is 64.1 Å². The number of ether oxygens (including phenoxy) is 1. The van der Waals surface area contributed by atoms with Gasteiger partial charge in [-0.2, -0.15) is 0 Å². The quantitative estimate of drug-likeness (QED) is 0.532. The van der Waals surface area contributed by atoms with E-state index in [4.69, 9.17) is 16.3 Å². The fourth-order valence-corrected chi connectivity index (χ4v) is 4.15. The minimum atomic E-state index is 0.526. The standard InChI is InChI=1S/C22H27BrClNO/c23-19-11-12-22(26-16-17-7-6-8-20(24)13-17)18(14-19)15-25-21-9-4-2-1-3-5-10-21/h6-8,11-14,21,25H,1-5,9-10,15-16H2. The van der Waals surface area contributed by atoms with Gasteiger partial charge in [0.2, 0.25) is 0 Å². The highest BCUT2D eigenvalue weighted by atomic mass is 79.9. The Balaban J connectivity index is 1.61. The van der Waals surface area contributed by atoms with Crippen LogP contribution in [0.4, 0.5) is 0 Å². The summed E-state index contributed by atoms with van der Waals surface area (Å²) in [7, 11) is 0. The molecule has 0 atom stereocenters. The summed E-state index contributed by atoms with van der Waals surface area (Å²) in [5.41, 5.74) is 2.28. The van der Waals surface area contributed by atoms with Crippen LogP contribution in [0.3, 0.4) is 0 Å². The molecule has 140 valence electrons. The molecular weight excluding hydrogens is 410 g/mol. The molecule has 0 heterocycles. The Morgan fingerprint density at radius 3 is 2.54 bits per heavy atom. The Kier molecular flexibility index (Phi) is 7.85. The first-order valence-electron chi connectivity index (χ1n) is 9.60. The normalized spacial score (nSPS) is 16.1. The molecular formula is C22H27BrClNO. The number of benzene rings is 2. The van der Waals surface area contributed by atoms with Gasteiger partial charge in [0.25, 0.3) is 0 Å². The highest BCUT2D eigenvalue weighted by molar-refractivity contribution is 9.10. The first-order valence-corrected chi connectivity index (χ1v) is 10.8. The van der Waals surface area contributed by atoms with Crippen LogP contribution in [0.25, 0.3) is 0 Å². The van der Waals surface area contributed by atoms with Crippen molar-refractivity contribution in [2.75, 3.05) is 0 Å². The summed E-state index contributed by atoms with van der Waals surface area (Å²) in [6.07, 6.45) is 9.41. The Labute approximate surface area is 170 Å². The zero-order chi connectivity index (χ0) is 18.2. The van der Waals surface area contributed by atoms with E-state index in [9.17, 15) is 0 Å².